The molecule has 2 rings (SSSR count). The van der Waals surface area contributed by atoms with Crippen molar-refractivity contribution in [3.63, 3.8) is 0 Å². The van der Waals surface area contributed by atoms with Crippen LogP contribution in [0.25, 0.3) is 0 Å². The van der Waals surface area contributed by atoms with E-state index in [1.807, 2.05) is 13.0 Å². The normalized spacial score (nSPS) is 12.5. The zero-order valence-electron chi connectivity index (χ0n) is 16.8. The number of carboxylic acid groups (broad SMARTS) is 1. The van der Waals surface area contributed by atoms with Gasteiger partial charge in [0.15, 0.2) is 13.2 Å². The van der Waals surface area contributed by atoms with E-state index in [1.54, 1.807) is 31.2 Å². The Bertz CT molecular complexity index is 882. The van der Waals surface area contributed by atoms with E-state index in [2.05, 4.69) is 5.32 Å². The van der Waals surface area contributed by atoms with Crippen molar-refractivity contribution in [3.8, 4) is 17.2 Å². The summed E-state index contributed by atoms with van der Waals surface area (Å²) in [6.45, 7) is 2.89. The van der Waals surface area contributed by atoms with Crippen molar-refractivity contribution in [1.82, 2.24) is 5.32 Å². The van der Waals surface area contributed by atoms with Gasteiger partial charge in [0.1, 0.15) is 23.3 Å². The maximum absolute atomic E-state index is 12.2. The number of hydrogen-bond donors (Lipinski definition) is 3. The summed E-state index contributed by atoms with van der Waals surface area (Å²) in [5, 5.41) is 21.7. The van der Waals surface area contributed by atoms with Crippen LogP contribution in [0, 0.1) is 5.92 Å². The van der Waals surface area contributed by atoms with E-state index in [-0.39, 0.29) is 29.6 Å². The van der Waals surface area contributed by atoms with Crippen LogP contribution < -0.4 is 14.8 Å². The zero-order valence-corrected chi connectivity index (χ0v) is 16.8. The number of phenolic OH excluding ortho intramolecular Hbond substituents is 1. The lowest BCUT2D eigenvalue weighted by Gasteiger charge is -2.20. The van der Waals surface area contributed by atoms with Crippen LogP contribution in [-0.2, 0) is 9.59 Å². The first-order chi connectivity index (χ1) is 14.3. The molecule has 30 heavy (non-hydrogen) atoms. The molecule has 2 unspecified atom stereocenters. The monoisotopic (exact) mass is 415 g/mol. The third kappa shape index (κ3) is 6.51. The molecular weight excluding hydrogens is 390 g/mol. The van der Waals surface area contributed by atoms with Gasteiger partial charge in [-0.05, 0) is 30.2 Å². The number of aliphatic carboxylic acids is 1. The van der Waals surface area contributed by atoms with E-state index < -0.39 is 30.3 Å². The summed E-state index contributed by atoms with van der Waals surface area (Å²) >= 11 is 0. The molecule has 2 aromatic rings. The Hall–Kier alpha value is -3.55. The van der Waals surface area contributed by atoms with Gasteiger partial charge < -0.3 is 25.0 Å². The van der Waals surface area contributed by atoms with Crippen LogP contribution >= 0.6 is 0 Å². The Balaban J connectivity index is 1.91. The fraction of sp³-hybridized carbons (Fsp3) is 0.318. The van der Waals surface area contributed by atoms with Crippen molar-refractivity contribution in [2.45, 2.75) is 26.3 Å². The first-order valence-electron chi connectivity index (χ1n) is 9.50. The van der Waals surface area contributed by atoms with Crippen LogP contribution in [-0.4, -0.2) is 47.1 Å². The molecular formula is C22H25NO7. The van der Waals surface area contributed by atoms with E-state index in [0.29, 0.717) is 12.2 Å². The maximum Gasteiger partial charge on any atom is 0.326 e. The van der Waals surface area contributed by atoms with Gasteiger partial charge in [-0.15, -0.1) is 0 Å². The average molecular weight is 415 g/mol. The molecule has 0 aliphatic carbocycles. The van der Waals surface area contributed by atoms with Crippen LogP contribution in [0.5, 0.6) is 17.2 Å². The molecule has 8 heteroatoms. The Morgan fingerprint density at radius 2 is 1.67 bits per heavy atom. The van der Waals surface area contributed by atoms with Crippen molar-refractivity contribution in [1.29, 1.82) is 0 Å². The number of carbonyl (C=O) groups excluding carboxylic acids is 2. The van der Waals surface area contributed by atoms with Crippen LogP contribution in [0.1, 0.15) is 30.6 Å². The first kappa shape index (κ1) is 22.7. The lowest BCUT2D eigenvalue weighted by molar-refractivity contribution is -0.143. The van der Waals surface area contributed by atoms with E-state index in [9.17, 15) is 24.6 Å². The number of nitrogens with one attached hydrogen (secondary N) is 1. The van der Waals surface area contributed by atoms with Gasteiger partial charge in [0.25, 0.3) is 5.91 Å². The van der Waals surface area contributed by atoms with E-state index >= 15 is 0 Å². The largest absolute Gasteiger partial charge is 0.507 e. The molecule has 160 valence electrons. The topological polar surface area (TPSA) is 122 Å². The second kappa shape index (κ2) is 10.8. The molecule has 0 radical (unpaired) electrons. The number of Topliss-reactive ketones (excluding diaryl/α,β-unsaturated/α-hetero) is 1. The minimum atomic E-state index is -1.11. The van der Waals surface area contributed by atoms with Gasteiger partial charge in [-0.2, -0.15) is 0 Å². The summed E-state index contributed by atoms with van der Waals surface area (Å²) in [5.41, 5.74) is 0.0606. The number of aromatic hydroxyl groups is 1. The molecule has 2 atom stereocenters. The van der Waals surface area contributed by atoms with Gasteiger partial charge in [-0.3, -0.25) is 9.59 Å². The summed E-state index contributed by atoms with van der Waals surface area (Å²) in [6, 6.07) is 11.8. The summed E-state index contributed by atoms with van der Waals surface area (Å²) in [7, 11) is 0. The van der Waals surface area contributed by atoms with Crippen molar-refractivity contribution in [3.05, 3.63) is 54.1 Å². The molecule has 1 amide bonds. The predicted octanol–water partition coefficient (Wildman–Crippen LogP) is 2.65. The smallest absolute Gasteiger partial charge is 0.326 e. The Morgan fingerprint density at radius 3 is 2.27 bits per heavy atom. The second-order valence-corrected chi connectivity index (χ2v) is 6.76. The minimum absolute atomic E-state index is 0.0606. The molecule has 0 saturated carbocycles. The van der Waals surface area contributed by atoms with E-state index in [4.69, 9.17) is 9.47 Å². The fourth-order valence-electron chi connectivity index (χ4n) is 2.63. The van der Waals surface area contributed by atoms with Gasteiger partial charge in [0.05, 0.1) is 5.56 Å². The van der Waals surface area contributed by atoms with Crippen molar-refractivity contribution in [2.75, 3.05) is 13.2 Å². The number of phenols is 1. The molecule has 0 aliphatic heterocycles. The molecule has 3 N–H and O–H groups in total. The number of ether oxygens (including phenoxy) is 2. The molecule has 0 saturated heterocycles. The Morgan fingerprint density at radius 1 is 1.00 bits per heavy atom. The Labute approximate surface area is 174 Å². The standard InChI is InChI=1S/C22H25NO7/c1-3-14(2)21(22(27)28)23-20(26)13-30-16-9-10-17(18(24)11-16)19(25)12-29-15-7-5-4-6-8-15/h4-11,14,21,24H,3,12-13H2,1-2H3,(H,23,26)(H,27,28). The van der Waals surface area contributed by atoms with Crippen LogP contribution in [0.15, 0.2) is 48.5 Å². The number of rotatable bonds is 11. The first-order valence-corrected chi connectivity index (χ1v) is 9.50. The molecule has 2 aromatic carbocycles. The third-order valence-electron chi connectivity index (χ3n) is 4.55. The van der Waals surface area contributed by atoms with Gasteiger partial charge in [-0.25, -0.2) is 4.79 Å². The fourth-order valence-corrected chi connectivity index (χ4v) is 2.63. The highest BCUT2D eigenvalue weighted by atomic mass is 16.5. The molecule has 0 aliphatic rings. The van der Waals surface area contributed by atoms with Gasteiger partial charge in [-0.1, -0.05) is 38.5 Å². The van der Waals surface area contributed by atoms with E-state index in [0.717, 1.165) is 0 Å². The maximum atomic E-state index is 12.2. The number of carboxylic acids is 1. The summed E-state index contributed by atoms with van der Waals surface area (Å²) < 4.78 is 10.7. The number of para-hydroxylation sites is 1. The number of amides is 1. The summed E-state index contributed by atoms with van der Waals surface area (Å²) in [5.74, 6) is -1.98. The van der Waals surface area contributed by atoms with Crippen LogP contribution in [0.2, 0.25) is 0 Å². The third-order valence-corrected chi connectivity index (χ3v) is 4.55. The highest BCUT2D eigenvalue weighted by molar-refractivity contribution is 5.99. The van der Waals surface area contributed by atoms with Crippen molar-refractivity contribution >= 4 is 17.7 Å². The highest BCUT2D eigenvalue weighted by Gasteiger charge is 2.25. The molecule has 0 spiro atoms. The lowest BCUT2D eigenvalue weighted by atomic mass is 9.99. The van der Waals surface area contributed by atoms with Gasteiger partial charge >= 0.3 is 5.97 Å². The Kier molecular flexibility index (Phi) is 8.22. The number of carbonyl (C=O) groups is 3. The number of benzene rings is 2. The van der Waals surface area contributed by atoms with Crippen LogP contribution in [0.4, 0.5) is 0 Å². The molecule has 0 fully saturated rings. The van der Waals surface area contributed by atoms with Gasteiger partial charge in [0, 0.05) is 6.07 Å². The molecule has 8 nitrogen and oxygen atoms in total. The number of hydrogen-bond acceptors (Lipinski definition) is 6. The summed E-state index contributed by atoms with van der Waals surface area (Å²) in [6.07, 6.45) is 0.593. The van der Waals surface area contributed by atoms with Crippen molar-refractivity contribution < 1.29 is 34.1 Å². The second-order valence-electron chi connectivity index (χ2n) is 6.76. The lowest BCUT2D eigenvalue weighted by Crippen LogP contribution is -2.46. The van der Waals surface area contributed by atoms with Gasteiger partial charge in [0.2, 0.25) is 5.78 Å². The number of ketones is 1. The SMILES string of the molecule is CCC(C)C(NC(=O)COc1ccc(C(=O)COc2ccccc2)c(O)c1)C(=O)O. The predicted molar refractivity (Wildman–Crippen MR) is 109 cm³/mol. The van der Waals surface area contributed by atoms with E-state index in [1.165, 1.54) is 18.2 Å². The molecule has 0 heterocycles. The molecule has 0 aromatic heterocycles. The zero-order chi connectivity index (χ0) is 22.1. The average Bonchev–Trinajstić information content (AvgIpc) is 2.74. The highest BCUT2D eigenvalue weighted by Crippen LogP contribution is 2.24. The minimum Gasteiger partial charge on any atom is -0.507 e. The quantitative estimate of drug-likeness (QED) is 0.482. The summed E-state index contributed by atoms with van der Waals surface area (Å²) in [4.78, 5) is 35.5. The van der Waals surface area contributed by atoms with Crippen LogP contribution in [0.3, 0.4) is 0 Å². The molecule has 0 bridgehead atoms. The van der Waals surface area contributed by atoms with Crippen molar-refractivity contribution in [2.24, 2.45) is 5.92 Å².